The molecule has 0 spiro atoms. The number of pyridine rings is 1. The number of amides is 1. The van der Waals surface area contributed by atoms with E-state index in [1.165, 1.54) is 19.4 Å². The lowest BCUT2D eigenvalue weighted by molar-refractivity contribution is 0.0743. The Morgan fingerprint density at radius 1 is 1.15 bits per heavy atom. The van der Waals surface area contributed by atoms with E-state index in [0.29, 0.717) is 23.2 Å². The molecule has 0 radical (unpaired) electrons. The minimum atomic E-state index is 0.0697. The molecule has 4 rings (SSSR count). The van der Waals surface area contributed by atoms with Crippen LogP contribution in [0.5, 0.6) is 11.6 Å². The van der Waals surface area contributed by atoms with E-state index in [2.05, 4.69) is 25.8 Å². The smallest absolute Gasteiger partial charge is 0.255 e. The molecule has 0 saturated carbocycles. The van der Waals surface area contributed by atoms with Crippen LogP contribution in [-0.2, 0) is 0 Å². The maximum atomic E-state index is 12.9. The highest BCUT2D eigenvalue weighted by Crippen LogP contribution is 2.24. The molecule has 1 aromatic carbocycles. The van der Waals surface area contributed by atoms with Gasteiger partial charge in [0.15, 0.2) is 0 Å². The zero-order valence-corrected chi connectivity index (χ0v) is 16.2. The van der Waals surface area contributed by atoms with Gasteiger partial charge in [-0.05, 0) is 50.1 Å². The van der Waals surface area contributed by atoms with Gasteiger partial charge in [0.1, 0.15) is 5.75 Å². The molecule has 2 aliphatic heterocycles. The van der Waals surface area contributed by atoms with Crippen LogP contribution >= 0.6 is 15.9 Å². The van der Waals surface area contributed by atoms with E-state index in [1.54, 1.807) is 18.3 Å². The summed E-state index contributed by atoms with van der Waals surface area (Å²) in [7, 11) is 0. The van der Waals surface area contributed by atoms with E-state index < -0.39 is 0 Å². The maximum Gasteiger partial charge on any atom is 0.255 e. The Balaban J connectivity index is 1.43. The highest BCUT2D eigenvalue weighted by Gasteiger charge is 2.30. The standard InChI is InChI=1S/C20H22BrN3O2/c21-16-4-1-6-18(12-16)26-19-8-7-15(13-22-19)20(25)24-11-3-10-23-9-2-5-17(23)14-24/h1,4,6-8,12-13,17H,2-3,5,9-11,14H2. The van der Waals surface area contributed by atoms with Gasteiger partial charge in [0.2, 0.25) is 5.88 Å². The Hall–Kier alpha value is -1.92. The number of hydrogen-bond acceptors (Lipinski definition) is 4. The van der Waals surface area contributed by atoms with Gasteiger partial charge in [-0.3, -0.25) is 9.69 Å². The van der Waals surface area contributed by atoms with Crippen LogP contribution in [0.2, 0.25) is 0 Å². The molecule has 0 bridgehead atoms. The average Bonchev–Trinajstić information content (AvgIpc) is 2.98. The van der Waals surface area contributed by atoms with E-state index in [4.69, 9.17) is 4.74 Å². The van der Waals surface area contributed by atoms with Crippen molar-refractivity contribution in [2.24, 2.45) is 0 Å². The molecular weight excluding hydrogens is 394 g/mol. The Labute approximate surface area is 162 Å². The van der Waals surface area contributed by atoms with Gasteiger partial charge in [0.05, 0.1) is 5.56 Å². The Morgan fingerprint density at radius 3 is 2.85 bits per heavy atom. The molecule has 26 heavy (non-hydrogen) atoms. The highest BCUT2D eigenvalue weighted by molar-refractivity contribution is 9.10. The Morgan fingerprint density at radius 2 is 2.04 bits per heavy atom. The van der Waals surface area contributed by atoms with Gasteiger partial charge in [0, 0.05) is 42.4 Å². The molecule has 2 aromatic rings. The average molecular weight is 416 g/mol. The first-order chi connectivity index (χ1) is 12.7. The molecule has 2 aliphatic rings. The molecule has 136 valence electrons. The molecule has 1 aromatic heterocycles. The molecule has 1 amide bonds. The Bertz CT molecular complexity index is 781. The van der Waals surface area contributed by atoms with E-state index in [9.17, 15) is 4.79 Å². The number of ether oxygens (including phenoxy) is 1. The van der Waals surface area contributed by atoms with Crippen LogP contribution in [-0.4, -0.2) is 52.9 Å². The molecule has 6 heteroatoms. The monoisotopic (exact) mass is 415 g/mol. The van der Waals surface area contributed by atoms with Crippen molar-refractivity contribution in [3.63, 3.8) is 0 Å². The van der Waals surface area contributed by atoms with Gasteiger partial charge >= 0.3 is 0 Å². The number of rotatable bonds is 3. The third kappa shape index (κ3) is 3.91. The fourth-order valence-electron chi connectivity index (χ4n) is 3.79. The summed E-state index contributed by atoms with van der Waals surface area (Å²) in [4.78, 5) is 21.7. The van der Waals surface area contributed by atoms with Crippen LogP contribution in [0.1, 0.15) is 29.6 Å². The van der Waals surface area contributed by atoms with Crippen molar-refractivity contribution >= 4 is 21.8 Å². The molecule has 1 unspecified atom stereocenters. The van der Waals surface area contributed by atoms with Crippen LogP contribution in [0.25, 0.3) is 0 Å². The largest absolute Gasteiger partial charge is 0.439 e. The molecule has 2 saturated heterocycles. The van der Waals surface area contributed by atoms with Crippen molar-refractivity contribution in [2.75, 3.05) is 26.2 Å². The topological polar surface area (TPSA) is 45.7 Å². The van der Waals surface area contributed by atoms with E-state index >= 15 is 0 Å². The lowest BCUT2D eigenvalue weighted by Gasteiger charge is -2.25. The van der Waals surface area contributed by atoms with Crippen molar-refractivity contribution in [1.29, 1.82) is 0 Å². The summed E-state index contributed by atoms with van der Waals surface area (Å²) < 4.78 is 6.69. The number of carbonyl (C=O) groups excluding carboxylic acids is 1. The SMILES string of the molecule is O=C(c1ccc(Oc2cccc(Br)c2)nc1)N1CCCN2CCCC2C1. The van der Waals surface area contributed by atoms with Crippen molar-refractivity contribution < 1.29 is 9.53 Å². The highest BCUT2D eigenvalue weighted by atomic mass is 79.9. The van der Waals surface area contributed by atoms with E-state index in [0.717, 1.165) is 30.5 Å². The van der Waals surface area contributed by atoms with Crippen LogP contribution in [0.3, 0.4) is 0 Å². The number of halogens is 1. The van der Waals surface area contributed by atoms with Gasteiger partial charge in [-0.2, -0.15) is 0 Å². The fraction of sp³-hybridized carbons (Fsp3) is 0.400. The summed E-state index contributed by atoms with van der Waals surface area (Å²) >= 11 is 3.42. The van der Waals surface area contributed by atoms with Crippen LogP contribution in [0, 0.1) is 0 Å². The first-order valence-corrected chi connectivity index (χ1v) is 9.91. The van der Waals surface area contributed by atoms with Gasteiger partial charge in [0.25, 0.3) is 5.91 Å². The molecule has 3 heterocycles. The Kier molecular flexibility index (Phi) is 5.22. The summed E-state index contributed by atoms with van der Waals surface area (Å²) in [6.07, 6.45) is 5.10. The number of fused-ring (bicyclic) bond motifs is 1. The van der Waals surface area contributed by atoms with Crippen molar-refractivity contribution in [1.82, 2.24) is 14.8 Å². The lowest BCUT2D eigenvalue weighted by atomic mass is 10.2. The first-order valence-electron chi connectivity index (χ1n) is 9.12. The van der Waals surface area contributed by atoms with Crippen LogP contribution < -0.4 is 4.74 Å². The first kappa shape index (κ1) is 17.5. The lowest BCUT2D eigenvalue weighted by Crippen LogP contribution is -2.39. The summed E-state index contributed by atoms with van der Waals surface area (Å²) in [6.45, 7) is 3.93. The third-order valence-electron chi connectivity index (χ3n) is 5.09. The second kappa shape index (κ2) is 7.76. The molecule has 0 aliphatic carbocycles. The van der Waals surface area contributed by atoms with Gasteiger partial charge in [-0.1, -0.05) is 22.0 Å². The van der Waals surface area contributed by atoms with E-state index in [-0.39, 0.29) is 5.91 Å². The second-order valence-corrected chi connectivity index (χ2v) is 7.80. The zero-order chi connectivity index (χ0) is 17.9. The predicted molar refractivity (Wildman–Crippen MR) is 104 cm³/mol. The minimum absolute atomic E-state index is 0.0697. The number of carbonyl (C=O) groups is 1. The zero-order valence-electron chi connectivity index (χ0n) is 14.6. The number of nitrogens with zero attached hydrogens (tertiary/aromatic N) is 3. The fourth-order valence-corrected chi connectivity index (χ4v) is 4.17. The summed E-state index contributed by atoms with van der Waals surface area (Å²) in [5.41, 5.74) is 0.623. The van der Waals surface area contributed by atoms with Crippen LogP contribution in [0.15, 0.2) is 47.1 Å². The minimum Gasteiger partial charge on any atom is -0.439 e. The van der Waals surface area contributed by atoms with E-state index in [1.807, 2.05) is 29.2 Å². The van der Waals surface area contributed by atoms with Crippen molar-refractivity contribution in [3.05, 3.63) is 52.6 Å². The van der Waals surface area contributed by atoms with Gasteiger partial charge in [-0.15, -0.1) is 0 Å². The maximum absolute atomic E-state index is 12.9. The number of aromatic nitrogens is 1. The molecule has 5 nitrogen and oxygen atoms in total. The van der Waals surface area contributed by atoms with Crippen molar-refractivity contribution in [3.8, 4) is 11.6 Å². The normalized spacial score (nSPS) is 20.5. The summed E-state index contributed by atoms with van der Waals surface area (Å²) in [5.74, 6) is 1.26. The predicted octanol–water partition coefficient (Wildman–Crippen LogP) is 3.95. The van der Waals surface area contributed by atoms with Gasteiger partial charge in [-0.25, -0.2) is 4.98 Å². The number of hydrogen-bond donors (Lipinski definition) is 0. The van der Waals surface area contributed by atoms with Gasteiger partial charge < -0.3 is 9.64 Å². The molecule has 1 atom stereocenters. The molecular formula is C20H22BrN3O2. The quantitative estimate of drug-likeness (QED) is 0.761. The summed E-state index contributed by atoms with van der Waals surface area (Å²) in [6, 6.07) is 11.7. The third-order valence-corrected chi connectivity index (χ3v) is 5.59. The second-order valence-electron chi connectivity index (χ2n) is 6.88. The van der Waals surface area contributed by atoms with Crippen LogP contribution in [0.4, 0.5) is 0 Å². The number of benzene rings is 1. The molecule has 2 fully saturated rings. The van der Waals surface area contributed by atoms with Crippen molar-refractivity contribution in [2.45, 2.75) is 25.3 Å². The summed E-state index contributed by atoms with van der Waals surface area (Å²) in [5, 5.41) is 0. The molecule has 0 N–H and O–H groups in total.